The van der Waals surface area contributed by atoms with Crippen molar-refractivity contribution in [2.24, 2.45) is 10.7 Å². The standard InChI is InChI=1S/C22H17F4N9/c23-15-3-1-2-4-16(15)31-8-12(6-27)5-17-14(7-28)18(19(35-17)20(30)34-11-29)13-9-32-21(33-10-13)22(24,25)26/h1-4,6,8-11,27,31,35H,5H2,(H3,29,30,34)/b12-8-,27-6?. The number of nitrogens with one attached hydrogen (secondary N) is 4. The second kappa shape index (κ2) is 10.4. The van der Waals surface area contributed by atoms with Crippen LogP contribution in [0.1, 0.15) is 22.8 Å². The van der Waals surface area contributed by atoms with Gasteiger partial charge in [0.25, 0.3) is 0 Å². The second-order valence-electron chi connectivity index (χ2n) is 6.94. The zero-order valence-electron chi connectivity index (χ0n) is 17.8. The average molecular weight is 483 g/mol. The number of nitrogens with zero attached hydrogens (tertiary/aromatic N) is 4. The van der Waals surface area contributed by atoms with E-state index in [1.54, 1.807) is 6.07 Å². The SMILES string of the molecule is N#Cc1c(C/C(C=N)=C/Nc2ccccc2F)[nH]c(/C(N)=N\C=N)c1-c1cnc(C(F)(F)F)nc1. The molecule has 35 heavy (non-hydrogen) atoms. The summed E-state index contributed by atoms with van der Waals surface area (Å²) in [6, 6.07) is 7.88. The average Bonchev–Trinajstić information content (AvgIpc) is 3.20. The third kappa shape index (κ3) is 5.56. The molecule has 0 saturated heterocycles. The highest BCUT2D eigenvalue weighted by molar-refractivity contribution is 6.06. The first-order chi connectivity index (χ1) is 16.7. The van der Waals surface area contributed by atoms with Crippen molar-refractivity contribution in [1.29, 1.82) is 16.1 Å². The number of nitrogens with two attached hydrogens (primary N) is 1. The molecule has 0 radical (unpaired) electrons. The van der Waals surface area contributed by atoms with Crippen LogP contribution in [0.25, 0.3) is 11.1 Å². The topological polar surface area (TPSA) is 163 Å². The molecule has 3 aromatic rings. The third-order valence-corrected chi connectivity index (χ3v) is 4.70. The molecule has 0 aliphatic heterocycles. The summed E-state index contributed by atoms with van der Waals surface area (Å²) >= 11 is 0. The molecule has 9 nitrogen and oxygen atoms in total. The van der Waals surface area contributed by atoms with Gasteiger partial charge >= 0.3 is 6.18 Å². The van der Waals surface area contributed by atoms with E-state index in [0.29, 0.717) is 11.9 Å². The lowest BCUT2D eigenvalue weighted by atomic mass is 10.0. The number of aromatic nitrogens is 3. The normalized spacial score (nSPS) is 12.2. The number of amidine groups is 1. The molecule has 3 rings (SSSR count). The monoisotopic (exact) mass is 483 g/mol. The molecule has 178 valence electrons. The van der Waals surface area contributed by atoms with Gasteiger partial charge in [-0.25, -0.2) is 19.4 Å². The van der Waals surface area contributed by atoms with Crippen LogP contribution in [0, 0.1) is 28.0 Å². The van der Waals surface area contributed by atoms with Gasteiger partial charge in [0, 0.05) is 48.0 Å². The van der Waals surface area contributed by atoms with Gasteiger partial charge in [0.2, 0.25) is 5.82 Å². The van der Waals surface area contributed by atoms with E-state index in [-0.39, 0.29) is 46.0 Å². The molecule has 1 aromatic carbocycles. The number of hydrogen-bond donors (Lipinski definition) is 5. The third-order valence-electron chi connectivity index (χ3n) is 4.70. The molecule has 13 heteroatoms. The molecule has 0 aliphatic carbocycles. The number of alkyl halides is 3. The van der Waals surface area contributed by atoms with E-state index >= 15 is 0 Å². The lowest BCUT2D eigenvalue weighted by Gasteiger charge is -2.07. The number of benzene rings is 1. The molecular formula is C22H17F4N9. The molecule has 0 bridgehead atoms. The number of aromatic amines is 1. The Balaban J connectivity index is 2.07. The van der Waals surface area contributed by atoms with Gasteiger partial charge in [-0.2, -0.15) is 18.4 Å². The molecule has 2 aromatic heterocycles. The molecule has 0 atom stereocenters. The van der Waals surface area contributed by atoms with Gasteiger partial charge in [-0.3, -0.25) is 5.41 Å². The Hall–Kier alpha value is -4.86. The lowest BCUT2D eigenvalue weighted by molar-refractivity contribution is -0.144. The summed E-state index contributed by atoms with van der Waals surface area (Å²) in [6.45, 7) is 0. The van der Waals surface area contributed by atoms with Crippen molar-refractivity contribution in [2.75, 3.05) is 5.32 Å². The molecule has 0 amide bonds. The molecule has 0 spiro atoms. The van der Waals surface area contributed by atoms with Crippen LogP contribution in [0.15, 0.2) is 53.4 Å². The number of hydrogen-bond acceptors (Lipinski definition) is 6. The summed E-state index contributed by atoms with van der Waals surface area (Å²) in [6.07, 6.45) is 0.0545. The Morgan fingerprint density at radius 1 is 1.23 bits per heavy atom. The van der Waals surface area contributed by atoms with E-state index in [9.17, 15) is 22.8 Å². The highest BCUT2D eigenvalue weighted by Gasteiger charge is 2.34. The van der Waals surface area contributed by atoms with E-state index in [4.69, 9.17) is 16.6 Å². The van der Waals surface area contributed by atoms with Crippen molar-refractivity contribution in [1.82, 2.24) is 15.0 Å². The number of allylic oxidation sites excluding steroid dienone is 1. The van der Waals surface area contributed by atoms with Gasteiger partial charge in [-0.1, -0.05) is 12.1 Å². The minimum Gasteiger partial charge on any atom is -0.382 e. The van der Waals surface area contributed by atoms with E-state index in [1.165, 1.54) is 24.4 Å². The summed E-state index contributed by atoms with van der Waals surface area (Å²) in [4.78, 5) is 13.2. The predicted octanol–water partition coefficient (Wildman–Crippen LogP) is 4.00. The Morgan fingerprint density at radius 3 is 2.49 bits per heavy atom. The smallest absolute Gasteiger partial charge is 0.382 e. The molecule has 0 unspecified atom stereocenters. The Labute approximate surface area is 196 Å². The van der Waals surface area contributed by atoms with E-state index in [2.05, 4.69) is 25.3 Å². The lowest BCUT2D eigenvalue weighted by Crippen LogP contribution is -2.15. The predicted molar refractivity (Wildman–Crippen MR) is 122 cm³/mol. The summed E-state index contributed by atoms with van der Waals surface area (Å²) in [5, 5.41) is 27.4. The first kappa shape index (κ1) is 24.8. The number of halogens is 4. The first-order valence-electron chi connectivity index (χ1n) is 9.77. The number of H-pyrrole nitrogens is 1. The van der Waals surface area contributed by atoms with Crippen molar-refractivity contribution in [3.8, 4) is 17.2 Å². The van der Waals surface area contributed by atoms with E-state index in [1.807, 2.05) is 6.07 Å². The largest absolute Gasteiger partial charge is 0.451 e. The fourth-order valence-electron chi connectivity index (χ4n) is 3.12. The van der Waals surface area contributed by atoms with Gasteiger partial charge in [0.15, 0.2) is 0 Å². The highest BCUT2D eigenvalue weighted by Crippen LogP contribution is 2.32. The minimum atomic E-state index is -4.75. The quantitative estimate of drug-likeness (QED) is 0.185. The summed E-state index contributed by atoms with van der Waals surface area (Å²) < 4.78 is 52.5. The fourth-order valence-corrected chi connectivity index (χ4v) is 3.12. The van der Waals surface area contributed by atoms with E-state index in [0.717, 1.165) is 18.6 Å². The Morgan fingerprint density at radius 2 is 1.91 bits per heavy atom. The zero-order valence-corrected chi connectivity index (χ0v) is 17.8. The summed E-state index contributed by atoms with van der Waals surface area (Å²) in [5.41, 5.74) is 6.89. The number of anilines is 1. The summed E-state index contributed by atoms with van der Waals surface area (Å²) in [5.74, 6) is -2.07. The number of nitriles is 1. The second-order valence-corrected chi connectivity index (χ2v) is 6.94. The van der Waals surface area contributed by atoms with Crippen molar-refractivity contribution < 1.29 is 17.6 Å². The maximum atomic E-state index is 13.9. The number of rotatable bonds is 8. The zero-order chi connectivity index (χ0) is 25.6. The molecule has 0 aliphatic rings. The van der Waals surface area contributed by atoms with Crippen molar-refractivity contribution in [3.63, 3.8) is 0 Å². The van der Waals surface area contributed by atoms with Crippen LogP contribution in [0.4, 0.5) is 23.2 Å². The van der Waals surface area contributed by atoms with Crippen LogP contribution in [-0.2, 0) is 12.6 Å². The van der Waals surface area contributed by atoms with E-state index < -0.39 is 17.8 Å². The highest BCUT2D eigenvalue weighted by atomic mass is 19.4. The van der Waals surface area contributed by atoms with Gasteiger partial charge in [-0.15, -0.1) is 0 Å². The number of para-hydroxylation sites is 1. The van der Waals surface area contributed by atoms with Crippen LogP contribution in [0.2, 0.25) is 0 Å². The Bertz CT molecular complexity index is 1350. The van der Waals surface area contributed by atoms with Crippen molar-refractivity contribution >= 4 is 24.1 Å². The van der Waals surface area contributed by atoms with Crippen molar-refractivity contribution in [2.45, 2.75) is 12.6 Å². The van der Waals surface area contributed by atoms with Gasteiger partial charge in [0.1, 0.15) is 24.1 Å². The van der Waals surface area contributed by atoms with Gasteiger partial charge < -0.3 is 21.4 Å². The minimum absolute atomic E-state index is 0.00475. The van der Waals surface area contributed by atoms with Crippen LogP contribution in [0.3, 0.4) is 0 Å². The van der Waals surface area contributed by atoms with Crippen LogP contribution in [0.5, 0.6) is 0 Å². The summed E-state index contributed by atoms with van der Waals surface area (Å²) in [7, 11) is 0. The van der Waals surface area contributed by atoms with Crippen molar-refractivity contribution in [3.05, 3.63) is 77.0 Å². The van der Waals surface area contributed by atoms with Crippen LogP contribution in [-0.4, -0.2) is 33.3 Å². The number of aliphatic imine (C=N–C) groups is 1. The molecule has 6 N–H and O–H groups in total. The van der Waals surface area contributed by atoms with Crippen LogP contribution < -0.4 is 11.1 Å². The molecule has 0 fully saturated rings. The molecule has 2 heterocycles. The molecular weight excluding hydrogens is 466 g/mol. The maximum absolute atomic E-state index is 13.9. The fraction of sp³-hybridized carbons (Fsp3) is 0.0909. The first-order valence-corrected chi connectivity index (χ1v) is 9.77. The molecule has 0 saturated carbocycles. The maximum Gasteiger partial charge on any atom is 0.451 e. The van der Waals surface area contributed by atoms with Gasteiger partial charge in [0.05, 0.1) is 16.9 Å². The Kier molecular flexibility index (Phi) is 7.35. The van der Waals surface area contributed by atoms with Crippen LogP contribution >= 0.6 is 0 Å². The van der Waals surface area contributed by atoms with Gasteiger partial charge in [-0.05, 0) is 17.7 Å².